The normalized spacial score (nSPS) is 15.1. The van der Waals surface area contributed by atoms with Gasteiger partial charge in [0.05, 0.1) is 5.69 Å². The summed E-state index contributed by atoms with van der Waals surface area (Å²) in [6, 6.07) is 15.3. The Kier molecular flexibility index (Phi) is 10.2. The third-order valence-corrected chi connectivity index (χ3v) is 8.90. The lowest BCUT2D eigenvalue weighted by Gasteiger charge is -2.30. The molecule has 0 aliphatic heterocycles. The highest BCUT2D eigenvalue weighted by molar-refractivity contribution is 7.99. The van der Waals surface area contributed by atoms with E-state index in [0.717, 1.165) is 23.6 Å². The average Bonchev–Trinajstić information content (AvgIpc) is 3.68. The first-order chi connectivity index (χ1) is 19.5. The fourth-order valence-electron chi connectivity index (χ4n) is 5.34. The number of likely N-dealkylation sites (N-methyl/N-ethyl adjacent to an activating group) is 1. The minimum absolute atomic E-state index is 0.0407. The number of urea groups is 1. The van der Waals surface area contributed by atoms with Crippen LogP contribution in [0.15, 0.2) is 53.6 Å². The summed E-state index contributed by atoms with van der Waals surface area (Å²) in [5.74, 6) is 1.82. The minimum atomic E-state index is -0.0890. The highest BCUT2D eigenvalue weighted by atomic mass is 32.2. The van der Waals surface area contributed by atoms with Gasteiger partial charge in [0.2, 0.25) is 0 Å². The lowest BCUT2D eigenvalue weighted by Crippen LogP contribution is -2.41. The monoisotopic (exact) mass is 575 g/mol. The molecular weight excluding hydrogens is 526 g/mol. The number of amides is 2. The number of hydrogen-bond acceptors (Lipinski definition) is 4. The molecule has 2 heterocycles. The van der Waals surface area contributed by atoms with Crippen LogP contribution in [0.4, 0.5) is 4.79 Å². The lowest BCUT2D eigenvalue weighted by molar-refractivity contribution is 0.204. The van der Waals surface area contributed by atoms with Crippen LogP contribution in [0.1, 0.15) is 113 Å². The van der Waals surface area contributed by atoms with Crippen LogP contribution in [-0.2, 0) is 11.8 Å². The van der Waals surface area contributed by atoms with Crippen molar-refractivity contribution in [2.45, 2.75) is 102 Å². The highest BCUT2D eigenvalue weighted by Crippen LogP contribution is 2.41. The van der Waals surface area contributed by atoms with Crippen molar-refractivity contribution < 1.29 is 4.79 Å². The van der Waals surface area contributed by atoms with Crippen LogP contribution < -0.4 is 5.32 Å². The topological polar surface area (TPSA) is 63.1 Å². The van der Waals surface area contributed by atoms with Crippen LogP contribution >= 0.6 is 11.8 Å². The smallest absolute Gasteiger partial charge is 0.317 e. The standard InChI is InChI=1S/C34H49N5OS/c1-9-41-27-17-13-25(14-18-27)19-20-35-33(40)38(8)21-28(31-12-10-11-30(36-31)26-15-16-26)24(4)29-22-39(23(2)3)37-32(29)34(5,6)7/h10-14,17-18,22-24,26,28H,9,15-16,19-21H2,1-8H3,(H,35,40). The molecule has 2 aromatic heterocycles. The van der Waals surface area contributed by atoms with Gasteiger partial charge in [-0.2, -0.15) is 5.10 Å². The molecule has 0 saturated heterocycles. The van der Waals surface area contributed by atoms with Crippen molar-refractivity contribution >= 4 is 17.8 Å². The molecule has 0 radical (unpaired) electrons. The van der Waals surface area contributed by atoms with Gasteiger partial charge in [0.15, 0.2) is 0 Å². The quantitative estimate of drug-likeness (QED) is 0.223. The summed E-state index contributed by atoms with van der Waals surface area (Å²) < 4.78 is 2.08. The van der Waals surface area contributed by atoms with Crippen molar-refractivity contribution in [1.82, 2.24) is 25.0 Å². The second kappa shape index (κ2) is 13.5. The van der Waals surface area contributed by atoms with E-state index in [2.05, 4.69) is 107 Å². The zero-order chi connectivity index (χ0) is 29.7. The Balaban J connectivity index is 1.52. The predicted molar refractivity (Wildman–Crippen MR) is 171 cm³/mol. The molecule has 41 heavy (non-hydrogen) atoms. The maximum absolute atomic E-state index is 13.3. The van der Waals surface area contributed by atoms with Crippen molar-refractivity contribution in [3.8, 4) is 0 Å². The van der Waals surface area contributed by atoms with Gasteiger partial charge in [-0.15, -0.1) is 11.8 Å². The third-order valence-electron chi connectivity index (χ3n) is 8.00. The van der Waals surface area contributed by atoms with E-state index in [1.54, 1.807) is 0 Å². The van der Waals surface area contributed by atoms with Crippen molar-refractivity contribution in [2.24, 2.45) is 0 Å². The molecule has 3 aromatic rings. The van der Waals surface area contributed by atoms with E-state index in [4.69, 9.17) is 10.1 Å². The number of nitrogens with one attached hydrogen (secondary N) is 1. The van der Waals surface area contributed by atoms with E-state index in [1.807, 2.05) is 23.7 Å². The summed E-state index contributed by atoms with van der Waals surface area (Å²) in [4.78, 5) is 21.6. The van der Waals surface area contributed by atoms with E-state index in [9.17, 15) is 4.79 Å². The molecule has 7 heteroatoms. The first-order valence-electron chi connectivity index (χ1n) is 15.2. The van der Waals surface area contributed by atoms with Crippen LogP contribution in [0.5, 0.6) is 0 Å². The van der Waals surface area contributed by atoms with Crippen molar-refractivity contribution in [3.63, 3.8) is 0 Å². The average molecular weight is 576 g/mol. The Hall–Kier alpha value is -2.80. The number of carbonyl (C=O) groups excluding carboxylic acids is 1. The third kappa shape index (κ3) is 8.15. The molecule has 0 bridgehead atoms. The van der Waals surface area contributed by atoms with Crippen LogP contribution in [0.2, 0.25) is 0 Å². The fraction of sp³-hybridized carbons (Fsp3) is 0.559. The van der Waals surface area contributed by atoms with Crippen molar-refractivity contribution in [2.75, 3.05) is 25.9 Å². The minimum Gasteiger partial charge on any atom is -0.338 e. The number of hydrogen-bond donors (Lipinski definition) is 1. The number of carbonyl (C=O) groups is 1. The molecule has 1 aromatic carbocycles. The predicted octanol–water partition coefficient (Wildman–Crippen LogP) is 7.92. The number of pyridine rings is 1. The van der Waals surface area contributed by atoms with Gasteiger partial charge >= 0.3 is 6.03 Å². The van der Waals surface area contributed by atoms with E-state index in [-0.39, 0.29) is 29.3 Å². The zero-order valence-electron chi connectivity index (χ0n) is 26.3. The maximum atomic E-state index is 13.3. The van der Waals surface area contributed by atoms with Gasteiger partial charge in [-0.05, 0) is 80.2 Å². The summed E-state index contributed by atoms with van der Waals surface area (Å²) in [6.45, 7) is 16.7. The largest absolute Gasteiger partial charge is 0.338 e. The Bertz CT molecular complexity index is 1290. The molecule has 2 unspecified atom stereocenters. The molecule has 1 aliphatic carbocycles. The number of nitrogens with zero attached hydrogens (tertiary/aromatic N) is 4. The molecule has 0 spiro atoms. The number of thioether (sulfide) groups is 1. The molecule has 222 valence electrons. The van der Waals surface area contributed by atoms with Gasteiger partial charge in [0.25, 0.3) is 0 Å². The SMILES string of the molecule is CCSc1ccc(CCNC(=O)N(C)CC(c2cccc(C3CC3)n2)C(C)c2cn(C(C)C)nc2C(C)(C)C)cc1. The van der Waals surface area contributed by atoms with E-state index < -0.39 is 0 Å². The van der Waals surface area contributed by atoms with Gasteiger partial charge in [-0.3, -0.25) is 9.67 Å². The molecule has 2 amide bonds. The van der Waals surface area contributed by atoms with Gasteiger partial charge in [0, 0.05) is 65.9 Å². The van der Waals surface area contributed by atoms with Crippen LogP contribution in [0, 0.1) is 0 Å². The Morgan fingerprint density at radius 1 is 1.12 bits per heavy atom. The van der Waals surface area contributed by atoms with Gasteiger partial charge in [0.1, 0.15) is 0 Å². The summed E-state index contributed by atoms with van der Waals surface area (Å²) in [6.07, 6.45) is 5.46. The second-order valence-electron chi connectivity index (χ2n) is 12.9. The van der Waals surface area contributed by atoms with E-state index in [1.165, 1.54) is 34.6 Å². The van der Waals surface area contributed by atoms with Crippen LogP contribution in [0.25, 0.3) is 0 Å². The van der Waals surface area contributed by atoms with E-state index in [0.29, 0.717) is 19.0 Å². The number of rotatable bonds is 12. The highest BCUT2D eigenvalue weighted by Gasteiger charge is 2.33. The summed E-state index contributed by atoms with van der Waals surface area (Å²) in [5, 5.41) is 8.18. The Morgan fingerprint density at radius 3 is 2.44 bits per heavy atom. The molecule has 2 atom stereocenters. The molecule has 1 saturated carbocycles. The molecule has 6 nitrogen and oxygen atoms in total. The first-order valence-corrected chi connectivity index (χ1v) is 16.2. The molecule has 1 fully saturated rings. The molecule has 4 rings (SSSR count). The van der Waals surface area contributed by atoms with E-state index >= 15 is 0 Å². The summed E-state index contributed by atoms with van der Waals surface area (Å²) >= 11 is 1.84. The maximum Gasteiger partial charge on any atom is 0.317 e. The summed E-state index contributed by atoms with van der Waals surface area (Å²) in [5.41, 5.74) is 5.75. The first kappa shape index (κ1) is 31.1. The van der Waals surface area contributed by atoms with Gasteiger partial charge in [-0.1, -0.05) is 52.8 Å². The van der Waals surface area contributed by atoms with Crippen LogP contribution in [-0.4, -0.2) is 51.6 Å². The second-order valence-corrected chi connectivity index (χ2v) is 14.2. The zero-order valence-corrected chi connectivity index (χ0v) is 27.1. The summed E-state index contributed by atoms with van der Waals surface area (Å²) in [7, 11) is 1.90. The van der Waals surface area contributed by atoms with Gasteiger partial charge < -0.3 is 10.2 Å². The number of aromatic nitrogens is 3. The molecular formula is C34H49N5OS. The molecule has 1 N–H and O–H groups in total. The number of benzene rings is 1. The molecule has 1 aliphatic rings. The Morgan fingerprint density at radius 2 is 1.83 bits per heavy atom. The van der Waals surface area contributed by atoms with Crippen molar-refractivity contribution in [1.29, 1.82) is 0 Å². The fourth-order valence-corrected chi connectivity index (χ4v) is 6.00. The van der Waals surface area contributed by atoms with Gasteiger partial charge in [-0.25, -0.2) is 4.79 Å². The lowest BCUT2D eigenvalue weighted by atomic mass is 9.79. The van der Waals surface area contributed by atoms with Crippen LogP contribution in [0.3, 0.4) is 0 Å². The van der Waals surface area contributed by atoms with Crippen molar-refractivity contribution in [3.05, 3.63) is 76.9 Å². The Labute approximate surface area is 251 Å².